The zero-order valence-corrected chi connectivity index (χ0v) is 14.1. The number of carbonyl (C=O) groups excluding carboxylic acids is 1. The second-order valence-electron chi connectivity index (χ2n) is 6.30. The van der Waals surface area contributed by atoms with Gasteiger partial charge in [0, 0.05) is 50.1 Å². The Labute approximate surface area is 147 Å². The lowest BCUT2D eigenvalue weighted by Gasteiger charge is -2.31. The molecule has 0 unspecified atom stereocenters. The lowest BCUT2D eigenvalue weighted by molar-refractivity contribution is 0.0911. The fourth-order valence-electron chi connectivity index (χ4n) is 3.14. The summed E-state index contributed by atoms with van der Waals surface area (Å²) in [7, 11) is 0. The number of likely N-dealkylation sites (tertiary alicyclic amines) is 1. The predicted octanol–water partition coefficient (Wildman–Crippen LogP) is 2.83. The quantitative estimate of drug-likeness (QED) is 0.851. The highest BCUT2D eigenvalue weighted by molar-refractivity contribution is 5.94. The van der Waals surface area contributed by atoms with E-state index in [4.69, 9.17) is 6.42 Å². The number of nitrogens with zero attached hydrogens (tertiary/aromatic N) is 2. The molecule has 0 atom stereocenters. The van der Waals surface area contributed by atoms with Gasteiger partial charge in [0.15, 0.2) is 0 Å². The highest BCUT2D eigenvalue weighted by atomic mass is 19.1. The predicted molar refractivity (Wildman–Crippen MR) is 96.1 cm³/mol. The molecule has 2 aromatic rings. The molecule has 1 aromatic heterocycles. The van der Waals surface area contributed by atoms with Gasteiger partial charge in [-0.2, -0.15) is 0 Å². The molecule has 130 valence electrons. The van der Waals surface area contributed by atoms with Crippen LogP contribution >= 0.6 is 0 Å². The first-order valence-electron chi connectivity index (χ1n) is 8.57. The standard InChI is InChI=1S/C20H22FN3O/c1-2-3-10-23-13-8-17(9-14-23)22-20(25)16-6-7-19(18(21)15-16)24-11-4-5-12-24/h1,4-7,11-12,15,17H,3,8-10,13-14H2,(H,22,25). The molecule has 0 radical (unpaired) electrons. The van der Waals surface area contributed by atoms with Gasteiger partial charge in [-0.05, 0) is 43.2 Å². The fraction of sp³-hybridized carbons (Fsp3) is 0.350. The number of benzene rings is 1. The second-order valence-corrected chi connectivity index (χ2v) is 6.30. The molecule has 1 fully saturated rings. The number of carbonyl (C=O) groups is 1. The van der Waals surface area contributed by atoms with E-state index in [1.807, 2.05) is 12.1 Å². The summed E-state index contributed by atoms with van der Waals surface area (Å²) in [6, 6.07) is 8.38. The molecule has 1 amide bonds. The van der Waals surface area contributed by atoms with Crippen molar-refractivity contribution in [3.63, 3.8) is 0 Å². The summed E-state index contributed by atoms with van der Waals surface area (Å²) in [4.78, 5) is 14.7. The van der Waals surface area contributed by atoms with Crippen LogP contribution in [-0.2, 0) is 0 Å². The Balaban J connectivity index is 1.57. The van der Waals surface area contributed by atoms with Crippen molar-refractivity contribution in [2.24, 2.45) is 0 Å². The van der Waals surface area contributed by atoms with E-state index < -0.39 is 5.82 Å². The number of nitrogens with one attached hydrogen (secondary N) is 1. The van der Waals surface area contributed by atoms with Crippen LogP contribution in [0.2, 0.25) is 0 Å². The Kier molecular flexibility index (Phi) is 5.52. The van der Waals surface area contributed by atoms with Crippen molar-refractivity contribution in [1.29, 1.82) is 0 Å². The van der Waals surface area contributed by atoms with Crippen molar-refractivity contribution >= 4 is 5.91 Å². The van der Waals surface area contributed by atoms with E-state index in [0.29, 0.717) is 11.3 Å². The summed E-state index contributed by atoms with van der Waals surface area (Å²) in [6.45, 7) is 2.75. The third-order valence-electron chi connectivity index (χ3n) is 4.59. The maximum Gasteiger partial charge on any atom is 0.251 e. The van der Waals surface area contributed by atoms with E-state index in [1.165, 1.54) is 6.07 Å². The van der Waals surface area contributed by atoms with E-state index in [1.54, 1.807) is 29.1 Å². The van der Waals surface area contributed by atoms with Gasteiger partial charge in [0.1, 0.15) is 5.82 Å². The van der Waals surface area contributed by atoms with Gasteiger partial charge in [0.2, 0.25) is 0 Å². The number of rotatable bonds is 5. The summed E-state index contributed by atoms with van der Waals surface area (Å²) in [5, 5.41) is 3.01. The van der Waals surface area contributed by atoms with Gasteiger partial charge in [-0.1, -0.05) is 0 Å². The van der Waals surface area contributed by atoms with Crippen molar-refractivity contribution in [3.05, 3.63) is 54.1 Å². The number of halogens is 1. The van der Waals surface area contributed by atoms with Crippen LogP contribution in [0.5, 0.6) is 0 Å². The zero-order chi connectivity index (χ0) is 17.6. The first kappa shape index (κ1) is 17.2. The Morgan fingerprint density at radius 1 is 1.28 bits per heavy atom. The van der Waals surface area contributed by atoms with E-state index in [-0.39, 0.29) is 11.9 Å². The average molecular weight is 339 g/mol. The molecule has 5 heteroatoms. The molecule has 0 bridgehead atoms. The summed E-state index contributed by atoms with van der Waals surface area (Å²) >= 11 is 0. The number of hydrogen-bond donors (Lipinski definition) is 1. The normalized spacial score (nSPS) is 15.7. The van der Waals surface area contributed by atoms with E-state index in [2.05, 4.69) is 16.1 Å². The highest BCUT2D eigenvalue weighted by Crippen LogP contribution is 2.17. The maximum atomic E-state index is 14.3. The van der Waals surface area contributed by atoms with Crippen molar-refractivity contribution in [2.75, 3.05) is 19.6 Å². The van der Waals surface area contributed by atoms with Crippen LogP contribution < -0.4 is 5.32 Å². The molecule has 2 heterocycles. The topological polar surface area (TPSA) is 37.3 Å². The van der Waals surface area contributed by atoms with E-state index in [9.17, 15) is 9.18 Å². The number of aromatic nitrogens is 1. The van der Waals surface area contributed by atoms with E-state index >= 15 is 0 Å². The fourth-order valence-corrected chi connectivity index (χ4v) is 3.14. The molecule has 1 aliphatic rings. The minimum atomic E-state index is -0.409. The third-order valence-corrected chi connectivity index (χ3v) is 4.59. The number of amides is 1. The van der Waals surface area contributed by atoms with Gasteiger partial charge in [-0.3, -0.25) is 4.79 Å². The minimum absolute atomic E-state index is 0.127. The SMILES string of the molecule is C#CCCN1CCC(NC(=O)c2ccc(-n3cccc3)c(F)c2)CC1. The Morgan fingerprint density at radius 3 is 2.64 bits per heavy atom. The molecule has 4 nitrogen and oxygen atoms in total. The number of terminal acetylenes is 1. The van der Waals surface area contributed by atoms with Crippen LogP contribution in [-0.4, -0.2) is 41.1 Å². The Hall–Kier alpha value is -2.58. The molecule has 1 aromatic carbocycles. The minimum Gasteiger partial charge on any atom is -0.349 e. The lowest BCUT2D eigenvalue weighted by Crippen LogP contribution is -2.44. The monoisotopic (exact) mass is 339 g/mol. The molecule has 25 heavy (non-hydrogen) atoms. The van der Waals surface area contributed by atoms with Crippen LogP contribution in [0.1, 0.15) is 29.6 Å². The summed E-state index contributed by atoms with van der Waals surface area (Å²) in [5.74, 6) is 2.02. The molecule has 3 rings (SSSR count). The highest BCUT2D eigenvalue weighted by Gasteiger charge is 2.21. The largest absolute Gasteiger partial charge is 0.349 e. The maximum absolute atomic E-state index is 14.3. The summed E-state index contributed by atoms with van der Waals surface area (Å²) in [6.07, 6.45) is 11.4. The molecular formula is C20H22FN3O. The lowest BCUT2D eigenvalue weighted by atomic mass is 10.0. The van der Waals surface area contributed by atoms with Gasteiger partial charge in [-0.25, -0.2) is 4.39 Å². The molecular weight excluding hydrogens is 317 g/mol. The van der Waals surface area contributed by atoms with Crippen LogP contribution in [0, 0.1) is 18.2 Å². The number of piperidine rings is 1. The van der Waals surface area contributed by atoms with Crippen molar-refractivity contribution < 1.29 is 9.18 Å². The van der Waals surface area contributed by atoms with Gasteiger partial charge in [0.25, 0.3) is 5.91 Å². The molecule has 1 saturated heterocycles. The average Bonchev–Trinajstić information content (AvgIpc) is 3.15. The van der Waals surface area contributed by atoms with Crippen LogP contribution in [0.15, 0.2) is 42.7 Å². The summed E-state index contributed by atoms with van der Waals surface area (Å²) in [5.41, 5.74) is 0.784. The third kappa shape index (κ3) is 4.28. The smallest absolute Gasteiger partial charge is 0.251 e. The van der Waals surface area contributed by atoms with Gasteiger partial charge < -0.3 is 14.8 Å². The van der Waals surface area contributed by atoms with Crippen LogP contribution in [0.25, 0.3) is 5.69 Å². The Morgan fingerprint density at radius 2 is 2.00 bits per heavy atom. The van der Waals surface area contributed by atoms with Crippen LogP contribution in [0.4, 0.5) is 4.39 Å². The molecule has 1 N–H and O–H groups in total. The van der Waals surface area contributed by atoms with Crippen molar-refractivity contribution in [3.8, 4) is 18.0 Å². The molecule has 0 saturated carbocycles. The molecule has 1 aliphatic heterocycles. The van der Waals surface area contributed by atoms with Gasteiger partial charge in [0.05, 0.1) is 5.69 Å². The van der Waals surface area contributed by atoms with Crippen LogP contribution in [0.3, 0.4) is 0 Å². The first-order valence-corrected chi connectivity index (χ1v) is 8.57. The first-order chi connectivity index (χ1) is 12.2. The molecule has 0 aliphatic carbocycles. The molecule has 0 spiro atoms. The zero-order valence-electron chi connectivity index (χ0n) is 14.1. The van der Waals surface area contributed by atoms with E-state index in [0.717, 1.165) is 38.9 Å². The van der Waals surface area contributed by atoms with Gasteiger partial charge in [-0.15, -0.1) is 12.3 Å². The second kappa shape index (κ2) is 8.00. The van der Waals surface area contributed by atoms with Gasteiger partial charge >= 0.3 is 0 Å². The van der Waals surface area contributed by atoms with Crippen molar-refractivity contribution in [2.45, 2.75) is 25.3 Å². The number of hydrogen-bond acceptors (Lipinski definition) is 2. The summed E-state index contributed by atoms with van der Waals surface area (Å²) < 4.78 is 16.0. The Bertz CT molecular complexity index is 756. The van der Waals surface area contributed by atoms with Crippen molar-refractivity contribution in [1.82, 2.24) is 14.8 Å².